The number of fused-ring (bicyclic) bond motifs is 1. The summed E-state index contributed by atoms with van der Waals surface area (Å²) in [5.74, 6) is -0.521. The molecule has 0 fully saturated rings. The standard InChI is InChI=1S/C10H9N3O2/c11-10-7-3-1-2-6(4-8(14)15)9(7)12-5-13-10/h1-3,5H,4H2,(H,14,15)(H2,11,12,13). The van der Waals surface area contributed by atoms with Crippen molar-refractivity contribution in [1.82, 2.24) is 9.97 Å². The molecule has 1 heterocycles. The Hall–Kier alpha value is -2.17. The van der Waals surface area contributed by atoms with E-state index in [9.17, 15) is 4.79 Å². The molecule has 5 nitrogen and oxygen atoms in total. The summed E-state index contributed by atoms with van der Waals surface area (Å²) in [5.41, 5.74) is 6.91. The van der Waals surface area contributed by atoms with Crippen molar-refractivity contribution in [3.63, 3.8) is 0 Å². The Morgan fingerprint density at radius 2 is 2.20 bits per heavy atom. The fraction of sp³-hybridized carbons (Fsp3) is 0.100. The van der Waals surface area contributed by atoms with Gasteiger partial charge in [0.1, 0.15) is 12.1 Å². The van der Waals surface area contributed by atoms with E-state index in [2.05, 4.69) is 9.97 Å². The molecule has 1 aromatic carbocycles. The van der Waals surface area contributed by atoms with E-state index in [1.807, 2.05) is 0 Å². The van der Waals surface area contributed by atoms with Crippen LogP contribution >= 0.6 is 0 Å². The third-order valence-electron chi connectivity index (χ3n) is 2.12. The van der Waals surface area contributed by atoms with E-state index in [1.54, 1.807) is 18.2 Å². The Kier molecular flexibility index (Phi) is 2.21. The number of rotatable bonds is 2. The Morgan fingerprint density at radius 1 is 1.40 bits per heavy atom. The molecule has 15 heavy (non-hydrogen) atoms. The van der Waals surface area contributed by atoms with Crippen molar-refractivity contribution in [3.05, 3.63) is 30.1 Å². The van der Waals surface area contributed by atoms with Gasteiger partial charge in [-0.05, 0) is 11.6 Å². The number of carboxylic acids is 1. The molecule has 2 aromatic rings. The van der Waals surface area contributed by atoms with Crippen LogP contribution in [0.4, 0.5) is 5.82 Å². The maximum atomic E-state index is 10.6. The van der Waals surface area contributed by atoms with Gasteiger partial charge >= 0.3 is 5.97 Å². The van der Waals surface area contributed by atoms with Crippen LogP contribution in [0.25, 0.3) is 10.9 Å². The summed E-state index contributed by atoms with van der Waals surface area (Å²) in [6.45, 7) is 0. The Labute approximate surface area is 85.6 Å². The number of nitrogens with zero attached hydrogens (tertiary/aromatic N) is 2. The monoisotopic (exact) mass is 203 g/mol. The number of aromatic nitrogens is 2. The highest BCUT2D eigenvalue weighted by Gasteiger charge is 2.07. The molecule has 0 radical (unpaired) electrons. The van der Waals surface area contributed by atoms with Crippen molar-refractivity contribution >= 4 is 22.7 Å². The number of hydrogen-bond acceptors (Lipinski definition) is 4. The Balaban J connectivity index is 2.65. The molecule has 0 aliphatic carbocycles. The average Bonchev–Trinajstić information content (AvgIpc) is 2.19. The minimum Gasteiger partial charge on any atom is -0.481 e. The first-order chi connectivity index (χ1) is 7.18. The van der Waals surface area contributed by atoms with E-state index in [4.69, 9.17) is 10.8 Å². The maximum absolute atomic E-state index is 10.6. The minimum atomic E-state index is -0.889. The number of anilines is 1. The second kappa shape index (κ2) is 3.53. The molecule has 0 atom stereocenters. The number of benzene rings is 1. The van der Waals surface area contributed by atoms with Crippen LogP contribution in [0.15, 0.2) is 24.5 Å². The zero-order valence-electron chi connectivity index (χ0n) is 7.84. The van der Waals surface area contributed by atoms with Gasteiger partial charge in [-0.15, -0.1) is 0 Å². The zero-order chi connectivity index (χ0) is 10.8. The van der Waals surface area contributed by atoms with E-state index in [1.165, 1.54) is 6.33 Å². The summed E-state index contributed by atoms with van der Waals surface area (Å²) in [6, 6.07) is 5.25. The molecular weight excluding hydrogens is 194 g/mol. The normalized spacial score (nSPS) is 10.4. The second-order valence-corrected chi connectivity index (χ2v) is 3.14. The van der Waals surface area contributed by atoms with Crippen molar-refractivity contribution in [3.8, 4) is 0 Å². The number of para-hydroxylation sites is 1. The fourth-order valence-corrected chi connectivity index (χ4v) is 1.47. The maximum Gasteiger partial charge on any atom is 0.307 e. The summed E-state index contributed by atoms with van der Waals surface area (Å²) in [5, 5.41) is 9.41. The molecule has 0 saturated heterocycles. The third kappa shape index (κ3) is 1.71. The third-order valence-corrected chi connectivity index (χ3v) is 2.12. The van der Waals surface area contributed by atoms with Crippen LogP contribution < -0.4 is 5.73 Å². The van der Waals surface area contributed by atoms with E-state index in [0.717, 1.165) is 0 Å². The van der Waals surface area contributed by atoms with Gasteiger partial charge in [0.25, 0.3) is 0 Å². The summed E-state index contributed by atoms with van der Waals surface area (Å²) in [4.78, 5) is 18.5. The number of aliphatic carboxylic acids is 1. The number of hydrogen-bond donors (Lipinski definition) is 2. The van der Waals surface area contributed by atoms with Crippen molar-refractivity contribution in [2.45, 2.75) is 6.42 Å². The highest BCUT2D eigenvalue weighted by molar-refractivity contribution is 5.91. The Bertz CT molecular complexity index is 525. The van der Waals surface area contributed by atoms with E-state index < -0.39 is 5.97 Å². The van der Waals surface area contributed by atoms with Crippen LogP contribution in [-0.4, -0.2) is 21.0 Å². The molecule has 0 unspecified atom stereocenters. The van der Waals surface area contributed by atoms with Gasteiger partial charge in [-0.3, -0.25) is 4.79 Å². The summed E-state index contributed by atoms with van der Waals surface area (Å²) >= 11 is 0. The molecule has 76 valence electrons. The van der Waals surface area contributed by atoms with Crippen LogP contribution in [0.2, 0.25) is 0 Å². The molecule has 0 amide bonds. The number of carbonyl (C=O) groups is 1. The molecule has 0 aliphatic rings. The lowest BCUT2D eigenvalue weighted by Crippen LogP contribution is -2.02. The minimum absolute atomic E-state index is 0.0617. The van der Waals surface area contributed by atoms with Crippen molar-refractivity contribution < 1.29 is 9.90 Å². The van der Waals surface area contributed by atoms with Crippen LogP contribution in [0.3, 0.4) is 0 Å². The molecule has 1 aromatic heterocycles. The van der Waals surface area contributed by atoms with Crippen molar-refractivity contribution in [1.29, 1.82) is 0 Å². The molecule has 0 saturated carbocycles. The zero-order valence-corrected chi connectivity index (χ0v) is 7.84. The molecule has 0 spiro atoms. The second-order valence-electron chi connectivity index (χ2n) is 3.14. The first kappa shape index (κ1) is 9.39. The number of nitrogens with two attached hydrogens (primary N) is 1. The van der Waals surface area contributed by atoms with Gasteiger partial charge in [0.05, 0.1) is 11.9 Å². The number of carboxylic acid groups (broad SMARTS) is 1. The molecular formula is C10H9N3O2. The molecule has 5 heteroatoms. The molecule has 0 aliphatic heterocycles. The first-order valence-electron chi connectivity index (χ1n) is 4.38. The topological polar surface area (TPSA) is 89.1 Å². The fourth-order valence-electron chi connectivity index (χ4n) is 1.47. The smallest absolute Gasteiger partial charge is 0.307 e. The summed E-state index contributed by atoms with van der Waals surface area (Å²) in [7, 11) is 0. The van der Waals surface area contributed by atoms with Gasteiger partial charge in [-0.2, -0.15) is 0 Å². The van der Waals surface area contributed by atoms with Crippen LogP contribution in [-0.2, 0) is 11.2 Å². The van der Waals surface area contributed by atoms with Gasteiger partial charge < -0.3 is 10.8 Å². The van der Waals surface area contributed by atoms with Gasteiger partial charge in [-0.1, -0.05) is 12.1 Å². The van der Waals surface area contributed by atoms with Gasteiger partial charge in [-0.25, -0.2) is 9.97 Å². The van der Waals surface area contributed by atoms with Crippen molar-refractivity contribution in [2.24, 2.45) is 0 Å². The highest BCUT2D eigenvalue weighted by atomic mass is 16.4. The predicted octanol–water partition coefficient (Wildman–Crippen LogP) is 0.839. The van der Waals surface area contributed by atoms with Crippen LogP contribution in [0.1, 0.15) is 5.56 Å². The highest BCUT2D eigenvalue weighted by Crippen LogP contribution is 2.20. The quantitative estimate of drug-likeness (QED) is 0.754. The van der Waals surface area contributed by atoms with Crippen molar-refractivity contribution in [2.75, 3.05) is 5.73 Å². The van der Waals surface area contributed by atoms with E-state index in [-0.39, 0.29) is 6.42 Å². The summed E-state index contributed by atoms with van der Waals surface area (Å²) < 4.78 is 0. The largest absolute Gasteiger partial charge is 0.481 e. The predicted molar refractivity (Wildman–Crippen MR) is 55.3 cm³/mol. The Morgan fingerprint density at radius 3 is 2.93 bits per heavy atom. The van der Waals surface area contributed by atoms with Crippen LogP contribution in [0, 0.1) is 0 Å². The van der Waals surface area contributed by atoms with Gasteiger partial charge in [0.15, 0.2) is 0 Å². The van der Waals surface area contributed by atoms with Gasteiger partial charge in [0.2, 0.25) is 0 Å². The van der Waals surface area contributed by atoms with E-state index in [0.29, 0.717) is 22.3 Å². The van der Waals surface area contributed by atoms with Gasteiger partial charge in [0, 0.05) is 5.39 Å². The lowest BCUT2D eigenvalue weighted by molar-refractivity contribution is -0.136. The average molecular weight is 203 g/mol. The van der Waals surface area contributed by atoms with Crippen LogP contribution in [0.5, 0.6) is 0 Å². The SMILES string of the molecule is Nc1ncnc2c(CC(=O)O)cccc12. The lowest BCUT2D eigenvalue weighted by Gasteiger charge is -2.04. The molecule has 3 N–H and O–H groups in total. The molecule has 2 rings (SSSR count). The summed E-state index contributed by atoms with van der Waals surface area (Å²) in [6.07, 6.45) is 1.27. The number of nitrogen functional groups attached to an aromatic ring is 1. The lowest BCUT2D eigenvalue weighted by atomic mass is 10.1. The first-order valence-corrected chi connectivity index (χ1v) is 4.38. The van der Waals surface area contributed by atoms with E-state index >= 15 is 0 Å². The molecule has 0 bridgehead atoms.